The van der Waals surface area contributed by atoms with Gasteiger partial charge in [-0.05, 0) is 11.6 Å². The number of methoxy groups -OCH3 is 1. The molecule has 2 aromatic rings. The van der Waals surface area contributed by atoms with Crippen molar-refractivity contribution in [3.63, 3.8) is 0 Å². The summed E-state index contributed by atoms with van der Waals surface area (Å²) < 4.78 is 4.59. The first-order valence-electron chi connectivity index (χ1n) is 5.32. The van der Waals surface area contributed by atoms with Crippen LogP contribution in [-0.2, 0) is 10.6 Å². The Balaban J connectivity index is 2.48. The minimum absolute atomic E-state index is 0.0411. The highest BCUT2D eigenvalue weighted by Crippen LogP contribution is 2.22. The highest BCUT2D eigenvalue weighted by Gasteiger charge is 2.11. The first-order valence-corrected chi connectivity index (χ1v) is 5.85. The number of esters is 1. The molecule has 1 aromatic heterocycles. The van der Waals surface area contributed by atoms with Gasteiger partial charge in [0.25, 0.3) is 0 Å². The van der Waals surface area contributed by atoms with Crippen LogP contribution in [-0.4, -0.2) is 23.0 Å². The van der Waals surface area contributed by atoms with E-state index in [9.17, 15) is 4.79 Å². The SMILES string of the molecule is COC(=O)c1nccc(-c2ccccc2CCl)n1. The summed E-state index contributed by atoms with van der Waals surface area (Å²) in [4.78, 5) is 19.4. The minimum atomic E-state index is -0.555. The van der Waals surface area contributed by atoms with Crippen LogP contribution in [0.5, 0.6) is 0 Å². The molecular formula is C13H11ClN2O2. The van der Waals surface area contributed by atoms with Gasteiger partial charge in [0.1, 0.15) is 0 Å². The van der Waals surface area contributed by atoms with E-state index in [0.29, 0.717) is 11.6 Å². The second kappa shape index (κ2) is 5.60. The molecule has 0 radical (unpaired) electrons. The van der Waals surface area contributed by atoms with Gasteiger partial charge in [-0.15, -0.1) is 11.6 Å². The molecule has 0 aliphatic carbocycles. The molecule has 92 valence electrons. The molecule has 0 saturated heterocycles. The first-order chi connectivity index (χ1) is 8.76. The number of carbonyl (C=O) groups excluding carboxylic acids is 1. The largest absolute Gasteiger partial charge is 0.463 e. The Morgan fingerprint density at radius 3 is 2.83 bits per heavy atom. The number of halogens is 1. The third-order valence-corrected chi connectivity index (χ3v) is 2.75. The quantitative estimate of drug-likeness (QED) is 0.630. The van der Waals surface area contributed by atoms with Gasteiger partial charge in [0.15, 0.2) is 0 Å². The average molecular weight is 263 g/mol. The van der Waals surface area contributed by atoms with E-state index >= 15 is 0 Å². The summed E-state index contributed by atoms with van der Waals surface area (Å²) in [6, 6.07) is 9.36. The Labute approximate surface area is 110 Å². The van der Waals surface area contributed by atoms with Crippen LogP contribution < -0.4 is 0 Å². The van der Waals surface area contributed by atoms with Gasteiger partial charge in [-0.3, -0.25) is 0 Å². The molecule has 0 amide bonds. The molecule has 5 heteroatoms. The monoisotopic (exact) mass is 262 g/mol. The topological polar surface area (TPSA) is 52.1 Å². The zero-order valence-corrected chi connectivity index (χ0v) is 10.5. The first kappa shape index (κ1) is 12.5. The van der Waals surface area contributed by atoms with Crippen molar-refractivity contribution in [2.45, 2.75) is 5.88 Å². The van der Waals surface area contributed by atoms with Crippen LogP contribution >= 0.6 is 11.6 Å². The molecule has 0 N–H and O–H groups in total. The summed E-state index contributed by atoms with van der Waals surface area (Å²) in [6.07, 6.45) is 1.53. The number of hydrogen-bond acceptors (Lipinski definition) is 4. The van der Waals surface area contributed by atoms with Crippen molar-refractivity contribution in [3.8, 4) is 11.3 Å². The maximum Gasteiger partial charge on any atom is 0.376 e. The summed E-state index contributed by atoms with van der Waals surface area (Å²) in [7, 11) is 1.30. The lowest BCUT2D eigenvalue weighted by Crippen LogP contribution is -2.07. The zero-order chi connectivity index (χ0) is 13.0. The number of carbonyl (C=O) groups is 1. The van der Waals surface area contributed by atoms with Crippen LogP contribution in [0.1, 0.15) is 16.2 Å². The highest BCUT2D eigenvalue weighted by molar-refractivity contribution is 6.17. The number of benzene rings is 1. The summed E-state index contributed by atoms with van der Waals surface area (Å²) >= 11 is 5.88. The van der Waals surface area contributed by atoms with Gasteiger partial charge in [0, 0.05) is 17.6 Å². The van der Waals surface area contributed by atoms with E-state index in [-0.39, 0.29) is 5.82 Å². The Morgan fingerprint density at radius 2 is 2.11 bits per heavy atom. The molecule has 0 aliphatic heterocycles. The molecule has 18 heavy (non-hydrogen) atoms. The summed E-state index contributed by atoms with van der Waals surface area (Å²) in [5.74, 6) is -0.132. The summed E-state index contributed by atoms with van der Waals surface area (Å²) in [5, 5.41) is 0. The van der Waals surface area contributed by atoms with Gasteiger partial charge >= 0.3 is 5.97 Å². The van der Waals surface area contributed by atoms with E-state index in [1.54, 1.807) is 6.07 Å². The normalized spacial score (nSPS) is 10.1. The van der Waals surface area contributed by atoms with Crippen LogP contribution in [0.25, 0.3) is 11.3 Å². The molecule has 1 heterocycles. The summed E-state index contributed by atoms with van der Waals surface area (Å²) in [6.45, 7) is 0. The lowest BCUT2D eigenvalue weighted by atomic mass is 10.1. The Hall–Kier alpha value is -1.94. The molecular weight excluding hydrogens is 252 g/mol. The fourth-order valence-electron chi connectivity index (χ4n) is 1.59. The highest BCUT2D eigenvalue weighted by atomic mass is 35.5. The average Bonchev–Trinajstić information content (AvgIpc) is 2.46. The number of alkyl halides is 1. The molecule has 4 nitrogen and oxygen atoms in total. The predicted molar refractivity (Wildman–Crippen MR) is 68.4 cm³/mol. The number of rotatable bonds is 3. The van der Waals surface area contributed by atoms with Crippen LogP contribution in [0.2, 0.25) is 0 Å². The van der Waals surface area contributed by atoms with Crippen molar-refractivity contribution in [1.29, 1.82) is 0 Å². The van der Waals surface area contributed by atoms with E-state index in [1.165, 1.54) is 13.3 Å². The maximum absolute atomic E-state index is 11.4. The Kier molecular flexibility index (Phi) is 3.89. The van der Waals surface area contributed by atoms with Crippen molar-refractivity contribution < 1.29 is 9.53 Å². The molecule has 0 spiro atoms. The smallest absolute Gasteiger partial charge is 0.376 e. The van der Waals surface area contributed by atoms with Crippen molar-refractivity contribution in [2.24, 2.45) is 0 Å². The number of hydrogen-bond donors (Lipinski definition) is 0. The molecule has 0 saturated carbocycles. The molecule has 1 aromatic carbocycles. The summed E-state index contributed by atoms with van der Waals surface area (Å²) in [5.41, 5.74) is 2.50. The van der Waals surface area contributed by atoms with Gasteiger partial charge in [-0.1, -0.05) is 24.3 Å². The number of aromatic nitrogens is 2. The van der Waals surface area contributed by atoms with E-state index in [1.807, 2.05) is 24.3 Å². The van der Waals surface area contributed by atoms with Crippen LogP contribution in [0.4, 0.5) is 0 Å². The Morgan fingerprint density at radius 1 is 1.33 bits per heavy atom. The maximum atomic E-state index is 11.4. The molecule has 0 aliphatic rings. The van der Waals surface area contributed by atoms with E-state index in [0.717, 1.165) is 11.1 Å². The van der Waals surface area contributed by atoms with Gasteiger partial charge in [-0.2, -0.15) is 0 Å². The number of ether oxygens (including phenoxy) is 1. The second-order valence-electron chi connectivity index (χ2n) is 3.55. The van der Waals surface area contributed by atoms with Crippen molar-refractivity contribution in [2.75, 3.05) is 7.11 Å². The van der Waals surface area contributed by atoms with Gasteiger partial charge in [0.2, 0.25) is 5.82 Å². The zero-order valence-electron chi connectivity index (χ0n) is 9.76. The molecule has 0 atom stereocenters. The van der Waals surface area contributed by atoms with E-state index in [4.69, 9.17) is 11.6 Å². The van der Waals surface area contributed by atoms with Crippen LogP contribution in [0.15, 0.2) is 36.5 Å². The van der Waals surface area contributed by atoms with Crippen LogP contribution in [0.3, 0.4) is 0 Å². The van der Waals surface area contributed by atoms with E-state index < -0.39 is 5.97 Å². The molecule has 2 rings (SSSR count). The van der Waals surface area contributed by atoms with Crippen molar-refractivity contribution in [1.82, 2.24) is 9.97 Å². The lowest BCUT2D eigenvalue weighted by molar-refractivity contribution is 0.0587. The van der Waals surface area contributed by atoms with Crippen molar-refractivity contribution in [3.05, 3.63) is 47.9 Å². The fraction of sp³-hybridized carbons (Fsp3) is 0.154. The van der Waals surface area contributed by atoms with Gasteiger partial charge in [-0.25, -0.2) is 14.8 Å². The number of nitrogens with zero attached hydrogens (tertiary/aromatic N) is 2. The molecule has 0 bridgehead atoms. The standard InChI is InChI=1S/C13H11ClN2O2/c1-18-13(17)12-15-7-6-11(16-12)10-5-3-2-4-9(10)8-14/h2-7H,8H2,1H3. The lowest BCUT2D eigenvalue weighted by Gasteiger charge is -2.06. The van der Waals surface area contributed by atoms with Gasteiger partial charge < -0.3 is 4.74 Å². The molecule has 0 fully saturated rings. The van der Waals surface area contributed by atoms with Crippen LogP contribution in [0, 0.1) is 0 Å². The minimum Gasteiger partial charge on any atom is -0.463 e. The van der Waals surface area contributed by atoms with Gasteiger partial charge in [0.05, 0.1) is 12.8 Å². The third kappa shape index (κ3) is 2.49. The molecule has 0 unspecified atom stereocenters. The second-order valence-corrected chi connectivity index (χ2v) is 3.82. The Bertz CT molecular complexity index is 572. The van der Waals surface area contributed by atoms with E-state index in [2.05, 4.69) is 14.7 Å². The predicted octanol–water partition coefficient (Wildman–Crippen LogP) is 2.67. The van der Waals surface area contributed by atoms with Crippen molar-refractivity contribution >= 4 is 17.6 Å². The fourth-order valence-corrected chi connectivity index (χ4v) is 1.82. The third-order valence-electron chi connectivity index (χ3n) is 2.46.